The number of halogens is 1. The van der Waals surface area contributed by atoms with Crippen LogP contribution in [0.5, 0.6) is 5.75 Å². The number of aryl methyl sites for hydroxylation is 1. The zero-order valence-electron chi connectivity index (χ0n) is 11.6. The average Bonchev–Trinajstić information content (AvgIpc) is 2.80. The predicted octanol–water partition coefficient (Wildman–Crippen LogP) is 3.39. The molecule has 0 N–H and O–H groups in total. The fourth-order valence-corrected chi connectivity index (χ4v) is 3.64. The van der Waals surface area contributed by atoms with Crippen molar-refractivity contribution in [2.75, 3.05) is 19.0 Å². The molecule has 2 aliphatic rings. The van der Waals surface area contributed by atoms with Crippen molar-refractivity contribution >= 4 is 11.6 Å². The van der Waals surface area contributed by atoms with Gasteiger partial charge in [-0.05, 0) is 37.9 Å². The number of nitrogens with zero attached hydrogens (tertiary/aromatic N) is 1. The molecule has 2 nitrogen and oxygen atoms in total. The quantitative estimate of drug-likeness (QED) is 0.787. The first kappa shape index (κ1) is 13.3. The van der Waals surface area contributed by atoms with E-state index in [4.69, 9.17) is 16.3 Å². The Labute approximate surface area is 120 Å². The van der Waals surface area contributed by atoms with Crippen molar-refractivity contribution < 1.29 is 4.74 Å². The minimum Gasteiger partial charge on any atom is -0.488 e. The fraction of sp³-hybridized carbons (Fsp3) is 0.625. The lowest BCUT2D eigenvalue weighted by Gasteiger charge is -2.35. The van der Waals surface area contributed by atoms with E-state index >= 15 is 0 Å². The minimum absolute atomic E-state index is 0.306. The third-order valence-electron chi connectivity index (χ3n) is 4.32. The number of ether oxygens (including phenoxy) is 1. The average molecular weight is 280 g/mol. The Kier molecular flexibility index (Phi) is 3.99. The van der Waals surface area contributed by atoms with Crippen LogP contribution in [0.25, 0.3) is 0 Å². The van der Waals surface area contributed by atoms with Gasteiger partial charge in [-0.15, -0.1) is 11.6 Å². The summed E-state index contributed by atoms with van der Waals surface area (Å²) in [6.45, 7) is 4.33. The summed E-state index contributed by atoms with van der Waals surface area (Å²) in [5.41, 5.74) is 2.68. The molecule has 0 amide bonds. The highest BCUT2D eigenvalue weighted by molar-refractivity contribution is 6.18. The summed E-state index contributed by atoms with van der Waals surface area (Å²) in [5, 5.41) is 0. The molecular formula is C16H22ClNO. The normalized spacial score (nSPS) is 27.1. The minimum atomic E-state index is 0.306. The predicted molar refractivity (Wildman–Crippen MR) is 79.2 cm³/mol. The zero-order chi connectivity index (χ0) is 13.2. The number of alkyl halides is 1. The molecule has 19 heavy (non-hydrogen) atoms. The number of likely N-dealkylation sites (tertiary alicyclic amines) is 1. The highest BCUT2D eigenvalue weighted by atomic mass is 35.5. The van der Waals surface area contributed by atoms with Crippen LogP contribution in [0.4, 0.5) is 0 Å². The molecule has 0 bridgehead atoms. The Morgan fingerprint density at radius 3 is 3.11 bits per heavy atom. The molecule has 2 unspecified atom stereocenters. The van der Waals surface area contributed by atoms with E-state index in [9.17, 15) is 0 Å². The number of fused-ring (bicyclic) bond motifs is 1. The Bertz CT molecular complexity index is 448. The maximum absolute atomic E-state index is 6.09. The van der Waals surface area contributed by atoms with E-state index in [1.54, 1.807) is 0 Å². The molecule has 0 aromatic heterocycles. The molecular weight excluding hydrogens is 258 g/mol. The van der Waals surface area contributed by atoms with Crippen LogP contribution in [-0.2, 0) is 6.42 Å². The van der Waals surface area contributed by atoms with Crippen LogP contribution < -0.4 is 4.74 Å². The van der Waals surface area contributed by atoms with Gasteiger partial charge in [0.2, 0.25) is 0 Å². The summed E-state index contributed by atoms with van der Waals surface area (Å²) in [6.07, 6.45) is 5.20. The smallest absolute Gasteiger partial charge is 0.123 e. The van der Waals surface area contributed by atoms with Crippen molar-refractivity contribution in [3.8, 4) is 5.75 Å². The third kappa shape index (κ3) is 2.90. The highest BCUT2D eigenvalue weighted by Gasteiger charge is 2.29. The molecule has 2 heterocycles. The highest BCUT2D eigenvalue weighted by Crippen LogP contribution is 2.30. The van der Waals surface area contributed by atoms with Gasteiger partial charge < -0.3 is 4.74 Å². The molecule has 0 aliphatic carbocycles. The molecule has 2 atom stereocenters. The largest absolute Gasteiger partial charge is 0.488 e. The second-order valence-corrected chi connectivity index (χ2v) is 6.16. The van der Waals surface area contributed by atoms with Gasteiger partial charge in [-0.2, -0.15) is 0 Å². The molecule has 2 aliphatic heterocycles. The molecule has 1 aromatic carbocycles. The van der Waals surface area contributed by atoms with Crippen molar-refractivity contribution in [1.82, 2.24) is 4.90 Å². The van der Waals surface area contributed by atoms with E-state index < -0.39 is 0 Å². The fourth-order valence-electron chi connectivity index (χ4n) is 3.29. The summed E-state index contributed by atoms with van der Waals surface area (Å²) in [5.74, 6) is 1.83. The maximum Gasteiger partial charge on any atom is 0.123 e. The van der Waals surface area contributed by atoms with Crippen LogP contribution >= 0.6 is 11.6 Å². The second-order valence-electron chi connectivity index (χ2n) is 5.85. The van der Waals surface area contributed by atoms with E-state index in [-0.39, 0.29) is 0 Å². The number of rotatable bonds is 3. The van der Waals surface area contributed by atoms with Gasteiger partial charge in [0.05, 0.1) is 0 Å². The lowest BCUT2D eigenvalue weighted by molar-refractivity contribution is 0.0993. The topological polar surface area (TPSA) is 12.5 Å². The molecule has 3 rings (SSSR count). The van der Waals surface area contributed by atoms with Gasteiger partial charge in [0.1, 0.15) is 11.9 Å². The second kappa shape index (κ2) is 5.72. The van der Waals surface area contributed by atoms with Gasteiger partial charge in [0.25, 0.3) is 0 Å². The summed E-state index contributed by atoms with van der Waals surface area (Å²) >= 11 is 6.09. The summed E-state index contributed by atoms with van der Waals surface area (Å²) < 4.78 is 6.07. The van der Waals surface area contributed by atoms with E-state index in [0.29, 0.717) is 12.1 Å². The van der Waals surface area contributed by atoms with Gasteiger partial charge in [-0.3, -0.25) is 4.90 Å². The molecule has 1 aromatic rings. The van der Waals surface area contributed by atoms with Crippen LogP contribution in [0.3, 0.4) is 0 Å². The lowest BCUT2D eigenvalue weighted by atomic mass is 10.0. The third-order valence-corrected chi connectivity index (χ3v) is 4.68. The molecule has 0 saturated carbocycles. The van der Waals surface area contributed by atoms with Gasteiger partial charge in [0.15, 0.2) is 0 Å². The Balaban J connectivity index is 1.63. The van der Waals surface area contributed by atoms with E-state index in [1.165, 1.54) is 36.9 Å². The van der Waals surface area contributed by atoms with Crippen LogP contribution in [0.1, 0.15) is 30.4 Å². The van der Waals surface area contributed by atoms with E-state index in [0.717, 1.165) is 24.6 Å². The van der Waals surface area contributed by atoms with Gasteiger partial charge >= 0.3 is 0 Å². The van der Waals surface area contributed by atoms with Crippen LogP contribution in [0, 0.1) is 6.92 Å². The maximum atomic E-state index is 6.09. The van der Waals surface area contributed by atoms with Crippen LogP contribution in [-0.4, -0.2) is 36.0 Å². The first-order chi connectivity index (χ1) is 9.26. The van der Waals surface area contributed by atoms with E-state index in [2.05, 4.69) is 30.0 Å². The first-order valence-corrected chi connectivity index (χ1v) is 7.86. The molecule has 1 fully saturated rings. The molecule has 1 saturated heterocycles. The van der Waals surface area contributed by atoms with Gasteiger partial charge in [-0.1, -0.05) is 24.1 Å². The number of piperidine rings is 1. The first-order valence-electron chi connectivity index (χ1n) is 7.32. The summed E-state index contributed by atoms with van der Waals surface area (Å²) in [6, 6.07) is 7.04. The number of hydrogen-bond donors (Lipinski definition) is 0. The lowest BCUT2D eigenvalue weighted by Crippen LogP contribution is -2.45. The molecule has 104 valence electrons. The SMILES string of the molecule is Cc1ccc2c(c1)CC(CN1CCCCC1CCl)O2. The van der Waals surface area contributed by atoms with Crippen molar-refractivity contribution in [3.05, 3.63) is 29.3 Å². The Morgan fingerprint density at radius 2 is 2.26 bits per heavy atom. The molecule has 3 heteroatoms. The van der Waals surface area contributed by atoms with Crippen molar-refractivity contribution in [1.29, 1.82) is 0 Å². The summed E-state index contributed by atoms with van der Waals surface area (Å²) in [7, 11) is 0. The van der Waals surface area contributed by atoms with Crippen LogP contribution in [0.2, 0.25) is 0 Å². The summed E-state index contributed by atoms with van der Waals surface area (Å²) in [4.78, 5) is 2.53. The van der Waals surface area contributed by atoms with Gasteiger partial charge in [-0.25, -0.2) is 0 Å². The van der Waals surface area contributed by atoms with Crippen molar-refractivity contribution in [2.24, 2.45) is 0 Å². The van der Waals surface area contributed by atoms with E-state index in [1.807, 2.05) is 0 Å². The number of benzene rings is 1. The van der Waals surface area contributed by atoms with Gasteiger partial charge in [0, 0.05) is 24.9 Å². The number of hydrogen-bond acceptors (Lipinski definition) is 2. The zero-order valence-corrected chi connectivity index (χ0v) is 12.3. The van der Waals surface area contributed by atoms with Crippen molar-refractivity contribution in [2.45, 2.75) is 44.8 Å². The molecule has 0 spiro atoms. The standard InChI is InChI=1S/C16H22ClNO/c1-12-5-6-16-13(8-12)9-15(19-16)11-18-7-3-2-4-14(18)10-17/h5-6,8,14-15H,2-4,7,9-11H2,1H3. The monoisotopic (exact) mass is 279 g/mol. The van der Waals surface area contributed by atoms with Crippen LogP contribution in [0.15, 0.2) is 18.2 Å². The Morgan fingerprint density at radius 1 is 1.37 bits per heavy atom. The Hall–Kier alpha value is -0.730. The van der Waals surface area contributed by atoms with Crippen molar-refractivity contribution in [3.63, 3.8) is 0 Å². The molecule has 0 radical (unpaired) electrons.